The van der Waals surface area contributed by atoms with Gasteiger partial charge in [-0.05, 0) is 29.4 Å². The van der Waals surface area contributed by atoms with Gasteiger partial charge >= 0.3 is 0 Å². The average molecular weight is 329 g/mol. The second-order valence-electron chi connectivity index (χ2n) is 4.91. The Morgan fingerprint density at radius 1 is 1.00 bits per heavy atom. The third-order valence-corrected chi connectivity index (χ3v) is 8.65. The Labute approximate surface area is 121 Å². The summed E-state index contributed by atoms with van der Waals surface area (Å²) in [5, 5.41) is 1.45. The van der Waals surface area contributed by atoms with Gasteiger partial charge in [-0.25, -0.2) is 0 Å². The monoisotopic (exact) mass is 328 g/mol. The molecule has 1 nitrogen and oxygen atoms in total. The number of unbranched alkanes of at least 4 members (excludes halogenated alkanes) is 2. The van der Waals surface area contributed by atoms with Crippen molar-refractivity contribution in [2.45, 2.75) is 51.6 Å². The van der Waals surface area contributed by atoms with Crippen molar-refractivity contribution in [3.63, 3.8) is 0 Å². The molecule has 0 spiro atoms. The number of halogens is 1. The Hall–Kier alpha value is -0.123. The fraction of sp³-hybridized carbons (Fsp3) is 0.600. The zero-order valence-electron chi connectivity index (χ0n) is 11.8. The molecule has 1 aromatic rings. The first-order valence-electron chi connectivity index (χ1n) is 6.99. The van der Waals surface area contributed by atoms with Crippen LogP contribution in [-0.2, 0) is 4.43 Å². The lowest BCUT2D eigenvalue weighted by molar-refractivity contribution is 0.398. The Morgan fingerprint density at radius 2 is 1.50 bits per heavy atom. The molecule has 102 valence electrons. The first-order valence-corrected chi connectivity index (χ1v) is 10.1. The smallest absolute Gasteiger partial charge is 0.223 e. The summed E-state index contributed by atoms with van der Waals surface area (Å²) in [6, 6.07) is 11.3. The van der Waals surface area contributed by atoms with Crippen LogP contribution < -0.4 is 5.19 Å². The highest BCUT2D eigenvalue weighted by atomic mass is 79.9. The van der Waals surface area contributed by atoms with Crippen LogP contribution in [0.15, 0.2) is 28.7 Å². The van der Waals surface area contributed by atoms with Gasteiger partial charge in [-0.3, -0.25) is 0 Å². The van der Waals surface area contributed by atoms with E-state index in [4.69, 9.17) is 4.43 Å². The summed E-state index contributed by atoms with van der Waals surface area (Å²) in [7, 11) is 0.185. The topological polar surface area (TPSA) is 9.23 Å². The zero-order chi connectivity index (χ0) is 13.4. The van der Waals surface area contributed by atoms with Crippen molar-refractivity contribution < 1.29 is 4.43 Å². The lowest BCUT2D eigenvalue weighted by Gasteiger charge is -2.30. The van der Waals surface area contributed by atoms with Crippen LogP contribution in [0.2, 0.25) is 12.1 Å². The van der Waals surface area contributed by atoms with E-state index in [-0.39, 0.29) is 0 Å². The zero-order valence-corrected chi connectivity index (χ0v) is 14.4. The molecule has 0 fully saturated rings. The van der Waals surface area contributed by atoms with Crippen LogP contribution in [0.3, 0.4) is 0 Å². The highest BCUT2D eigenvalue weighted by Gasteiger charge is 2.34. The molecule has 0 bridgehead atoms. The summed E-state index contributed by atoms with van der Waals surface area (Å²) in [6.45, 7) is 4.52. The Morgan fingerprint density at radius 3 is 1.89 bits per heavy atom. The van der Waals surface area contributed by atoms with Crippen molar-refractivity contribution in [1.82, 2.24) is 0 Å². The quantitative estimate of drug-likeness (QED) is 0.620. The van der Waals surface area contributed by atoms with E-state index in [2.05, 4.69) is 54.0 Å². The lowest BCUT2D eigenvalue weighted by Crippen LogP contribution is -2.49. The van der Waals surface area contributed by atoms with E-state index >= 15 is 0 Å². The fourth-order valence-electron chi connectivity index (χ4n) is 2.41. The molecule has 1 rings (SSSR count). The second-order valence-corrected chi connectivity index (χ2v) is 9.80. The summed E-state index contributed by atoms with van der Waals surface area (Å²) in [4.78, 5) is 0. The van der Waals surface area contributed by atoms with Gasteiger partial charge < -0.3 is 4.43 Å². The van der Waals surface area contributed by atoms with Gasteiger partial charge in [-0.15, -0.1) is 0 Å². The van der Waals surface area contributed by atoms with Crippen molar-refractivity contribution in [3.8, 4) is 0 Å². The van der Waals surface area contributed by atoms with Crippen LogP contribution in [0, 0.1) is 0 Å². The summed E-state index contributed by atoms with van der Waals surface area (Å²) < 4.78 is 7.24. The van der Waals surface area contributed by atoms with Crippen LogP contribution in [0.4, 0.5) is 0 Å². The van der Waals surface area contributed by atoms with E-state index < -0.39 is 8.32 Å². The first-order chi connectivity index (χ1) is 8.68. The van der Waals surface area contributed by atoms with Crippen molar-refractivity contribution in [1.29, 1.82) is 0 Å². The standard InChI is InChI=1S/C15H25BrOSi/c1-4-6-12-18(17-3,13-7-5-2)15-10-8-14(16)9-11-15/h8-11H,4-7,12-13H2,1-3H3. The second kappa shape index (κ2) is 8.13. The molecule has 1 aromatic carbocycles. The molecule has 0 aromatic heterocycles. The van der Waals surface area contributed by atoms with Crippen molar-refractivity contribution in [2.75, 3.05) is 7.11 Å². The minimum Gasteiger partial charge on any atom is -0.415 e. The van der Waals surface area contributed by atoms with Crippen molar-refractivity contribution in [2.24, 2.45) is 0 Å². The maximum atomic E-state index is 6.09. The van der Waals surface area contributed by atoms with Gasteiger partial charge in [0.05, 0.1) is 0 Å². The Bertz CT molecular complexity index is 329. The molecule has 0 radical (unpaired) electrons. The largest absolute Gasteiger partial charge is 0.415 e. The van der Waals surface area contributed by atoms with Gasteiger partial charge in [0.2, 0.25) is 8.32 Å². The summed E-state index contributed by atoms with van der Waals surface area (Å²) in [5.41, 5.74) is 0. The number of benzene rings is 1. The van der Waals surface area contributed by atoms with Crippen LogP contribution in [0.1, 0.15) is 39.5 Å². The predicted octanol–water partition coefficient (Wildman–Crippen LogP) is 4.85. The van der Waals surface area contributed by atoms with Gasteiger partial charge in [0, 0.05) is 11.6 Å². The third kappa shape index (κ3) is 4.21. The average Bonchev–Trinajstić information content (AvgIpc) is 2.41. The van der Waals surface area contributed by atoms with Gasteiger partial charge in [0.25, 0.3) is 0 Å². The van der Waals surface area contributed by atoms with Gasteiger partial charge in [-0.1, -0.05) is 67.6 Å². The molecule has 0 atom stereocenters. The van der Waals surface area contributed by atoms with Gasteiger partial charge in [0.15, 0.2) is 0 Å². The van der Waals surface area contributed by atoms with Crippen LogP contribution in [0.25, 0.3) is 0 Å². The summed E-state index contributed by atoms with van der Waals surface area (Å²) in [5.74, 6) is 0. The first kappa shape index (κ1) is 15.9. The molecule has 18 heavy (non-hydrogen) atoms. The summed E-state index contributed by atoms with van der Waals surface area (Å²) in [6.07, 6.45) is 5.06. The molecule has 0 aliphatic heterocycles. The molecular weight excluding hydrogens is 304 g/mol. The molecule has 3 heteroatoms. The summed E-state index contributed by atoms with van der Waals surface area (Å²) >= 11 is 3.51. The minimum atomic E-state index is -1.73. The minimum absolute atomic E-state index is 1.15. The van der Waals surface area contributed by atoms with Crippen LogP contribution in [-0.4, -0.2) is 15.4 Å². The highest BCUT2D eigenvalue weighted by molar-refractivity contribution is 9.10. The molecule has 0 unspecified atom stereocenters. The lowest BCUT2D eigenvalue weighted by atomic mass is 10.4. The van der Waals surface area contributed by atoms with E-state index in [1.807, 2.05) is 7.11 Å². The molecule has 0 saturated heterocycles. The molecule has 0 saturated carbocycles. The SMILES string of the molecule is CCCC[Si](CCCC)(OC)c1ccc(Br)cc1. The third-order valence-electron chi connectivity index (χ3n) is 3.63. The molecule has 0 N–H and O–H groups in total. The van der Waals surface area contributed by atoms with E-state index in [0.29, 0.717) is 0 Å². The van der Waals surface area contributed by atoms with Crippen LogP contribution in [0.5, 0.6) is 0 Å². The predicted molar refractivity (Wildman–Crippen MR) is 86.0 cm³/mol. The Balaban J connectivity index is 2.95. The maximum absolute atomic E-state index is 6.09. The molecular formula is C15H25BrOSi. The molecule has 0 aliphatic rings. The van der Waals surface area contributed by atoms with Gasteiger partial charge in [-0.2, -0.15) is 0 Å². The van der Waals surface area contributed by atoms with Crippen molar-refractivity contribution >= 4 is 29.4 Å². The normalized spacial score (nSPS) is 11.8. The number of hydrogen-bond donors (Lipinski definition) is 0. The molecule has 0 aliphatic carbocycles. The maximum Gasteiger partial charge on any atom is 0.223 e. The number of hydrogen-bond acceptors (Lipinski definition) is 1. The fourth-order valence-corrected chi connectivity index (χ4v) is 6.77. The van der Waals surface area contributed by atoms with Crippen molar-refractivity contribution in [3.05, 3.63) is 28.7 Å². The van der Waals surface area contributed by atoms with E-state index in [0.717, 1.165) is 4.47 Å². The van der Waals surface area contributed by atoms with E-state index in [9.17, 15) is 0 Å². The Kier molecular flexibility index (Phi) is 7.20. The van der Waals surface area contributed by atoms with E-state index in [1.54, 1.807) is 0 Å². The molecule has 0 heterocycles. The number of rotatable bonds is 8. The molecule has 0 amide bonds. The van der Waals surface area contributed by atoms with E-state index in [1.165, 1.54) is 43.0 Å². The highest BCUT2D eigenvalue weighted by Crippen LogP contribution is 2.23. The van der Waals surface area contributed by atoms with Crippen LogP contribution >= 0.6 is 15.9 Å². The van der Waals surface area contributed by atoms with Gasteiger partial charge in [0.1, 0.15) is 0 Å².